The lowest BCUT2D eigenvalue weighted by Crippen LogP contribution is -2.24. The molecular weight excluding hydrogens is 156 g/mol. The van der Waals surface area contributed by atoms with Crippen LogP contribution >= 0.6 is 0 Å². The number of ketones is 1. The molecule has 0 aromatic heterocycles. The highest BCUT2D eigenvalue weighted by Gasteiger charge is 2.20. The molecule has 2 atom stereocenters. The standard InChI is InChI=1S/C9H10O3/c10-5-1-2-7-3-4-8(11)9(12)6-7/h1,3-4,7-8,11H,2,6H2. The van der Waals surface area contributed by atoms with Crippen molar-refractivity contribution in [3.8, 4) is 0 Å². The van der Waals surface area contributed by atoms with Crippen LogP contribution in [0.4, 0.5) is 0 Å². The summed E-state index contributed by atoms with van der Waals surface area (Å²) in [5.41, 5.74) is 0. The molecule has 0 aliphatic heterocycles. The fourth-order valence-electron chi connectivity index (χ4n) is 1.18. The lowest BCUT2D eigenvalue weighted by Gasteiger charge is -2.16. The Hall–Kier alpha value is -1.18. The SMILES string of the molecule is O=C=CCC1C=CC(O)C(=O)C1. The summed E-state index contributed by atoms with van der Waals surface area (Å²) >= 11 is 0. The van der Waals surface area contributed by atoms with Gasteiger partial charge in [-0.2, -0.15) is 0 Å². The van der Waals surface area contributed by atoms with E-state index in [1.807, 2.05) is 0 Å². The minimum absolute atomic E-state index is 0.0577. The molecule has 1 N–H and O–H groups in total. The van der Waals surface area contributed by atoms with Crippen LogP contribution in [0.2, 0.25) is 0 Å². The highest BCUT2D eigenvalue weighted by atomic mass is 16.3. The summed E-state index contributed by atoms with van der Waals surface area (Å²) in [6.45, 7) is 0. The van der Waals surface area contributed by atoms with E-state index in [9.17, 15) is 9.59 Å². The van der Waals surface area contributed by atoms with E-state index in [2.05, 4.69) is 0 Å². The van der Waals surface area contributed by atoms with Gasteiger partial charge in [-0.25, -0.2) is 4.79 Å². The number of aliphatic hydroxyl groups is 1. The van der Waals surface area contributed by atoms with Crippen LogP contribution in [0.3, 0.4) is 0 Å². The lowest BCUT2D eigenvalue weighted by atomic mass is 9.91. The van der Waals surface area contributed by atoms with Crippen molar-refractivity contribution < 1.29 is 14.7 Å². The van der Waals surface area contributed by atoms with Gasteiger partial charge in [-0.3, -0.25) is 4.79 Å². The van der Waals surface area contributed by atoms with E-state index >= 15 is 0 Å². The maximum Gasteiger partial charge on any atom is 0.165 e. The topological polar surface area (TPSA) is 54.4 Å². The summed E-state index contributed by atoms with van der Waals surface area (Å²) < 4.78 is 0. The second-order valence-corrected chi connectivity index (χ2v) is 2.82. The van der Waals surface area contributed by atoms with Gasteiger partial charge in [-0.1, -0.05) is 12.2 Å². The lowest BCUT2D eigenvalue weighted by molar-refractivity contribution is -0.126. The maximum absolute atomic E-state index is 11.0. The molecule has 3 nitrogen and oxygen atoms in total. The Balaban J connectivity index is 2.54. The minimum atomic E-state index is -0.943. The van der Waals surface area contributed by atoms with Crippen molar-refractivity contribution in [3.05, 3.63) is 18.2 Å². The molecule has 0 amide bonds. The predicted octanol–water partition coefficient (Wildman–Crippen LogP) is 0.270. The molecule has 0 heterocycles. The van der Waals surface area contributed by atoms with Crippen LogP contribution in [-0.2, 0) is 9.59 Å². The van der Waals surface area contributed by atoms with Gasteiger partial charge in [0.2, 0.25) is 0 Å². The van der Waals surface area contributed by atoms with Gasteiger partial charge in [-0.05, 0) is 12.3 Å². The van der Waals surface area contributed by atoms with E-state index in [-0.39, 0.29) is 11.7 Å². The molecule has 0 aromatic carbocycles. The third-order valence-electron chi connectivity index (χ3n) is 1.86. The molecule has 0 spiro atoms. The average molecular weight is 166 g/mol. The number of carbonyl (C=O) groups is 1. The molecule has 2 unspecified atom stereocenters. The summed E-state index contributed by atoms with van der Waals surface area (Å²) in [5, 5.41) is 9.00. The molecule has 0 fully saturated rings. The fraction of sp³-hybridized carbons (Fsp3) is 0.444. The van der Waals surface area contributed by atoms with Crippen LogP contribution < -0.4 is 0 Å². The molecule has 0 saturated carbocycles. The molecule has 3 heteroatoms. The summed E-state index contributed by atoms with van der Waals surface area (Å²) in [4.78, 5) is 20.8. The monoisotopic (exact) mass is 166 g/mol. The van der Waals surface area contributed by atoms with E-state index in [4.69, 9.17) is 5.11 Å². The van der Waals surface area contributed by atoms with Crippen molar-refractivity contribution in [2.75, 3.05) is 0 Å². The molecule has 0 aromatic rings. The molecule has 0 radical (unpaired) electrons. The number of hydrogen-bond acceptors (Lipinski definition) is 3. The fourth-order valence-corrected chi connectivity index (χ4v) is 1.18. The van der Waals surface area contributed by atoms with Crippen molar-refractivity contribution >= 4 is 11.7 Å². The van der Waals surface area contributed by atoms with Crippen LogP contribution in [-0.4, -0.2) is 22.9 Å². The predicted molar refractivity (Wildman–Crippen MR) is 43.1 cm³/mol. The zero-order valence-electron chi connectivity index (χ0n) is 6.56. The van der Waals surface area contributed by atoms with Crippen LogP contribution in [0.15, 0.2) is 18.2 Å². The first-order chi connectivity index (χ1) is 5.74. The second-order valence-electron chi connectivity index (χ2n) is 2.82. The van der Waals surface area contributed by atoms with Crippen molar-refractivity contribution in [1.29, 1.82) is 0 Å². The van der Waals surface area contributed by atoms with Gasteiger partial charge in [-0.15, -0.1) is 0 Å². The molecule has 0 bridgehead atoms. The zero-order chi connectivity index (χ0) is 8.97. The van der Waals surface area contributed by atoms with Crippen LogP contribution in [0.25, 0.3) is 0 Å². The molecule has 0 saturated heterocycles. The zero-order valence-corrected chi connectivity index (χ0v) is 6.56. The summed E-state index contributed by atoms with van der Waals surface area (Å²) in [7, 11) is 0. The third kappa shape index (κ3) is 2.16. The average Bonchev–Trinajstić information content (AvgIpc) is 2.07. The maximum atomic E-state index is 11.0. The molecule has 12 heavy (non-hydrogen) atoms. The van der Waals surface area contributed by atoms with Gasteiger partial charge >= 0.3 is 0 Å². The smallest absolute Gasteiger partial charge is 0.165 e. The van der Waals surface area contributed by atoms with E-state index in [0.717, 1.165) is 0 Å². The Kier molecular flexibility index (Phi) is 2.97. The highest BCUT2D eigenvalue weighted by Crippen LogP contribution is 2.17. The first-order valence-corrected chi connectivity index (χ1v) is 3.82. The number of allylic oxidation sites excluding steroid dienone is 2. The van der Waals surface area contributed by atoms with E-state index in [0.29, 0.717) is 12.8 Å². The van der Waals surface area contributed by atoms with Crippen molar-refractivity contribution in [2.45, 2.75) is 18.9 Å². The second kappa shape index (κ2) is 4.00. The van der Waals surface area contributed by atoms with Gasteiger partial charge < -0.3 is 5.11 Å². The first kappa shape index (κ1) is 8.91. The minimum Gasteiger partial charge on any atom is -0.381 e. The van der Waals surface area contributed by atoms with Crippen LogP contribution in [0.5, 0.6) is 0 Å². The quantitative estimate of drug-likeness (QED) is 0.473. The summed E-state index contributed by atoms with van der Waals surface area (Å²) in [6.07, 6.45) is 4.49. The number of rotatable bonds is 2. The molecule has 1 aliphatic rings. The van der Waals surface area contributed by atoms with Gasteiger partial charge in [0.1, 0.15) is 12.0 Å². The van der Waals surface area contributed by atoms with Gasteiger partial charge in [0.15, 0.2) is 5.78 Å². The Labute approximate surface area is 70.4 Å². The van der Waals surface area contributed by atoms with Crippen molar-refractivity contribution in [1.82, 2.24) is 0 Å². The molecule has 1 rings (SSSR count). The number of Topliss-reactive ketones (excluding diaryl/α,β-unsaturated/α-hetero) is 1. The normalized spacial score (nSPS) is 28.2. The van der Waals surface area contributed by atoms with E-state index < -0.39 is 6.10 Å². The molecular formula is C9H10O3. The largest absolute Gasteiger partial charge is 0.381 e. The van der Waals surface area contributed by atoms with Crippen LogP contribution in [0, 0.1) is 5.92 Å². The van der Waals surface area contributed by atoms with E-state index in [1.165, 1.54) is 12.2 Å². The highest BCUT2D eigenvalue weighted by molar-refractivity contribution is 5.86. The Bertz CT molecular complexity index is 248. The number of carbonyl (C=O) groups excluding carboxylic acids is 2. The van der Waals surface area contributed by atoms with Crippen molar-refractivity contribution in [3.63, 3.8) is 0 Å². The number of aliphatic hydroxyl groups excluding tert-OH is 1. The summed E-state index contributed by atoms with van der Waals surface area (Å²) in [5.74, 6) is 1.54. The Morgan fingerprint density at radius 1 is 1.67 bits per heavy atom. The Morgan fingerprint density at radius 2 is 2.42 bits per heavy atom. The first-order valence-electron chi connectivity index (χ1n) is 3.82. The molecule has 1 aliphatic carbocycles. The van der Waals surface area contributed by atoms with Gasteiger partial charge in [0, 0.05) is 12.5 Å². The Morgan fingerprint density at radius 3 is 3.00 bits per heavy atom. The van der Waals surface area contributed by atoms with E-state index in [1.54, 1.807) is 12.0 Å². The van der Waals surface area contributed by atoms with Gasteiger partial charge in [0.25, 0.3) is 0 Å². The van der Waals surface area contributed by atoms with Crippen LogP contribution in [0.1, 0.15) is 12.8 Å². The van der Waals surface area contributed by atoms with Gasteiger partial charge in [0.05, 0.1) is 0 Å². The van der Waals surface area contributed by atoms with Crippen molar-refractivity contribution in [2.24, 2.45) is 5.92 Å². The third-order valence-corrected chi connectivity index (χ3v) is 1.86. The summed E-state index contributed by atoms with van der Waals surface area (Å²) in [6, 6.07) is 0. The number of hydrogen-bond donors (Lipinski definition) is 1. The molecule has 64 valence electrons.